The number of esters is 1. The zero-order valence-corrected chi connectivity index (χ0v) is 23.9. The predicted octanol–water partition coefficient (Wildman–Crippen LogP) is 5.91. The van der Waals surface area contributed by atoms with Gasteiger partial charge in [0.05, 0.1) is 17.4 Å². The van der Waals surface area contributed by atoms with E-state index in [-0.39, 0.29) is 46.8 Å². The normalized spacial score (nSPS) is 13.6. The summed E-state index contributed by atoms with van der Waals surface area (Å²) in [4.78, 5) is 22.7. The largest absolute Gasteiger partial charge is 0.490 e. The minimum absolute atomic E-state index is 0.0110. The van der Waals surface area contributed by atoms with Crippen LogP contribution in [-0.2, 0) is 11.4 Å². The minimum atomic E-state index is -0.728. The fourth-order valence-electron chi connectivity index (χ4n) is 4.67. The van der Waals surface area contributed by atoms with Crippen LogP contribution in [-0.4, -0.2) is 24.1 Å². The summed E-state index contributed by atoms with van der Waals surface area (Å²) < 4.78 is 42.3. The molecule has 0 spiro atoms. The summed E-state index contributed by atoms with van der Waals surface area (Å²) in [5.74, 6) is -0.404. The van der Waals surface area contributed by atoms with Crippen LogP contribution < -0.4 is 29.4 Å². The van der Waals surface area contributed by atoms with E-state index >= 15 is 0 Å². The summed E-state index contributed by atoms with van der Waals surface area (Å²) in [5, 5.41) is 20.8. The van der Waals surface area contributed by atoms with Crippen molar-refractivity contribution < 1.29 is 37.8 Å². The van der Waals surface area contributed by atoms with Crippen molar-refractivity contribution in [3.63, 3.8) is 0 Å². The number of ether oxygens (including phenoxy) is 5. The number of carbonyl (C=O) groups is 1. The van der Waals surface area contributed by atoms with E-state index < -0.39 is 23.4 Å². The molecular formula is C33H26FN3O8. The summed E-state index contributed by atoms with van der Waals surface area (Å²) >= 11 is 0. The molecule has 0 saturated carbocycles. The van der Waals surface area contributed by atoms with Crippen LogP contribution in [0.25, 0.3) is 0 Å². The average Bonchev–Trinajstić information content (AvgIpc) is 3.03. The Morgan fingerprint density at radius 3 is 2.47 bits per heavy atom. The second-order valence-corrected chi connectivity index (χ2v) is 9.66. The van der Waals surface area contributed by atoms with Crippen LogP contribution in [0, 0.1) is 27.3 Å². The molecule has 228 valence electrons. The van der Waals surface area contributed by atoms with E-state index in [2.05, 4.69) is 6.07 Å². The molecular weight excluding hydrogens is 585 g/mol. The van der Waals surface area contributed by atoms with Gasteiger partial charge in [-0.15, -0.1) is 0 Å². The van der Waals surface area contributed by atoms with E-state index in [0.717, 1.165) is 0 Å². The molecule has 0 saturated heterocycles. The second kappa shape index (κ2) is 13.5. The molecule has 1 aliphatic heterocycles. The maximum absolute atomic E-state index is 14.1. The molecule has 1 atom stereocenters. The third-order valence-electron chi connectivity index (χ3n) is 6.77. The van der Waals surface area contributed by atoms with Gasteiger partial charge < -0.3 is 29.4 Å². The lowest BCUT2D eigenvalue weighted by Gasteiger charge is -2.27. The summed E-state index contributed by atoms with van der Waals surface area (Å²) in [6.45, 7) is 1.68. The van der Waals surface area contributed by atoms with Gasteiger partial charge in [0.1, 0.15) is 41.3 Å². The van der Waals surface area contributed by atoms with Gasteiger partial charge in [-0.05, 0) is 48.9 Å². The number of hydrogen-bond donors (Lipinski definition) is 1. The zero-order chi connectivity index (χ0) is 31.9. The van der Waals surface area contributed by atoms with Crippen molar-refractivity contribution in [2.24, 2.45) is 5.73 Å². The number of nitrogens with zero attached hydrogens (tertiary/aromatic N) is 2. The summed E-state index contributed by atoms with van der Waals surface area (Å²) in [6.07, 6.45) is 0. The van der Waals surface area contributed by atoms with Gasteiger partial charge in [0.15, 0.2) is 18.1 Å². The predicted molar refractivity (Wildman–Crippen MR) is 158 cm³/mol. The first-order valence-electron chi connectivity index (χ1n) is 13.7. The summed E-state index contributed by atoms with van der Waals surface area (Å²) in [6, 6.07) is 23.6. The molecule has 2 N–H and O–H groups in total. The molecule has 0 fully saturated rings. The highest BCUT2D eigenvalue weighted by Crippen LogP contribution is 2.45. The highest BCUT2D eigenvalue weighted by atomic mass is 19.1. The number of halogens is 1. The molecule has 0 radical (unpaired) electrons. The number of allylic oxidation sites excluding steroid dienone is 1. The lowest BCUT2D eigenvalue weighted by Crippen LogP contribution is -2.22. The molecule has 4 aromatic carbocycles. The van der Waals surface area contributed by atoms with Crippen LogP contribution >= 0.6 is 0 Å². The molecule has 1 unspecified atom stereocenters. The lowest BCUT2D eigenvalue weighted by molar-refractivity contribution is -0.384. The number of benzene rings is 4. The lowest BCUT2D eigenvalue weighted by atomic mass is 9.83. The van der Waals surface area contributed by atoms with Gasteiger partial charge in [-0.3, -0.25) is 10.1 Å². The van der Waals surface area contributed by atoms with Gasteiger partial charge in [-0.2, -0.15) is 5.26 Å². The molecule has 1 aliphatic rings. The number of nitrogens with two attached hydrogens (primary N) is 1. The Bertz CT molecular complexity index is 1820. The van der Waals surface area contributed by atoms with E-state index in [1.165, 1.54) is 36.4 Å². The first-order chi connectivity index (χ1) is 21.8. The Hall–Kier alpha value is -6.09. The Labute approximate surface area is 256 Å². The Morgan fingerprint density at radius 1 is 1.00 bits per heavy atom. The number of hydrogen-bond acceptors (Lipinski definition) is 10. The maximum Gasteiger partial charge on any atom is 0.349 e. The van der Waals surface area contributed by atoms with Crippen molar-refractivity contribution >= 4 is 11.7 Å². The van der Waals surface area contributed by atoms with Crippen LogP contribution in [0.2, 0.25) is 0 Å². The average molecular weight is 612 g/mol. The van der Waals surface area contributed by atoms with Crippen molar-refractivity contribution in [3.05, 3.63) is 129 Å². The van der Waals surface area contributed by atoms with E-state index in [0.29, 0.717) is 34.8 Å². The zero-order valence-electron chi connectivity index (χ0n) is 23.9. The monoisotopic (exact) mass is 611 g/mol. The summed E-state index contributed by atoms with van der Waals surface area (Å²) in [5.41, 5.74) is 7.85. The molecule has 0 aromatic heterocycles. The molecule has 45 heavy (non-hydrogen) atoms. The van der Waals surface area contributed by atoms with E-state index in [1.807, 2.05) is 6.92 Å². The standard InChI is InChI=1S/C33H26FN3O8/c1-2-41-30-15-20(7-14-28(30)43-18-21-5-3-4-6-27(21)34)32-25-13-12-24(16-29(25)45-33(36)26(32)17-35)44-31(38)19-42-23-10-8-22(9-11-23)37(39)40/h3-16,32H,2,18-19,36H2,1H3. The summed E-state index contributed by atoms with van der Waals surface area (Å²) in [7, 11) is 0. The first kappa shape index (κ1) is 30.4. The number of nitriles is 1. The van der Waals surface area contributed by atoms with Gasteiger partial charge in [0.2, 0.25) is 5.88 Å². The fraction of sp³-hybridized carbons (Fsp3) is 0.152. The SMILES string of the molecule is CCOc1cc(C2C(C#N)=C(N)Oc3cc(OC(=O)COc4ccc([N+](=O)[O-])cc4)ccc32)ccc1OCc1ccccc1F. The number of carbonyl (C=O) groups excluding carboxylic acids is 1. The number of non-ortho nitro benzene ring substituents is 1. The third-order valence-corrected chi connectivity index (χ3v) is 6.77. The van der Waals surface area contributed by atoms with Gasteiger partial charge in [-0.1, -0.05) is 30.3 Å². The minimum Gasteiger partial charge on any atom is -0.490 e. The van der Waals surface area contributed by atoms with Gasteiger partial charge in [0.25, 0.3) is 5.69 Å². The number of nitro benzene ring substituents is 1. The van der Waals surface area contributed by atoms with Crippen LogP contribution in [0.4, 0.5) is 10.1 Å². The highest BCUT2D eigenvalue weighted by Gasteiger charge is 2.32. The topological polar surface area (TPSA) is 156 Å². The van der Waals surface area contributed by atoms with Gasteiger partial charge in [-0.25, -0.2) is 9.18 Å². The third kappa shape index (κ3) is 6.94. The molecule has 0 bridgehead atoms. The Kier molecular flexibility index (Phi) is 9.09. The van der Waals surface area contributed by atoms with Crippen molar-refractivity contribution in [3.8, 4) is 34.8 Å². The van der Waals surface area contributed by atoms with Gasteiger partial charge >= 0.3 is 5.97 Å². The van der Waals surface area contributed by atoms with Crippen molar-refractivity contribution in [1.29, 1.82) is 5.26 Å². The smallest absolute Gasteiger partial charge is 0.349 e. The highest BCUT2D eigenvalue weighted by molar-refractivity contribution is 5.74. The van der Waals surface area contributed by atoms with E-state index in [9.17, 15) is 24.6 Å². The quantitative estimate of drug-likeness (QED) is 0.0935. The number of nitro groups is 1. The number of fused-ring (bicyclic) bond motifs is 1. The first-order valence-corrected chi connectivity index (χ1v) is 13.7. The molecule has 0 aliphatic carbocycles. The Morgan fingerprint density at radius 2 is 1.76 bits per heavy atom. The molecule has 12 heteroatoms. The maximum atomic E-state index is 14.1. The van der Waals surface area contributed by atoms with E-state index in [4.69, 9.17) is 29.4 Å². The van der Waals surface area contributed by atoms with Crippen LogP contribution in [0.1, 0.15) is 29.5 Å². The van der Waals surface area contributed by atoms with Crippen LogP contribution in [0.3, 0.4) is 0 Å². The van der Waals surface area contributed by atoms with Gasteiger partial charge in [0, 0.05) is 29.3 Å². The molecule has 1 heterocycles. The Balaban J connectivity index is 1.35. The van der Waals surface area contributed by atoms with Crippen LogP contribution in [0.5, 0.6) is 28.7 Å². The molecule has 11 nitrogen and oxygen atoms in total. The number of rotatable bonds is 11. The van der Waals surface area contributed by atoms with E-state index in [1.54, 1.807) is 48.5 Å². The van der Waals surface area contributed by atoms with Crippen molar-refractivity contribution in [2.45, 2.75) is 19.4 Å². The molecule has 0 amide bonds. The van der Waals surface area contributed by atoms with Crippen molar-refractivity contribution in [1.82, 2.24) is 0 Å². The molecule has 4 aromatic rings. The fourth-order valence-corrected chi connectivity index (χ4v) is 4.67. The van der Waals surface area contributed by atoms with Crippen LogP contribution in [0.15, 0.2) is 96.4 Å². The second-order valence-electron chi connectivity index (χ2n) is 9.66. The molecule has 5 rings (SSSR count). The van der Waals surface area contributed by atoms with Crippen molar-refractivity contribution in [2.75, 3.05) is 13.2 Å².